The van der Waals surface area contributed by atoms with E-state index in [-0.39, 0.29) is 36.1 Å². The molecule has 4 aromatic rings. The molecule has 4 rings (SSSR count). The van der Waals surface area contributed by atoms with E-state index in [1.165, 1.54) is 12.1 Å². The van der Waals surface area contributed by atoms with Crippen molar-refractivity contribution < 1.29 is 27.1 Å². The summed E-state index contributed by atoms with van der Waals surface area (Å²) in [7, 11) is 0. The largest absolute Gasteiger partial charge is 0.457 e. The van der Waals surface area contributed by atoms with Crippen molar-refractivity contribution in [2.45, 2.75) is 25.9 Å². The van der Waals surface area contributed by atoms with Gasteiger partial charge >= 0.3 is 6.18 Å². The normalized spacial score (nSPS) is 11.3. The zero-order chi connectivity index (χ0) is 24.1. The van der Waals surface area contributed by atoms with Gasteiger partial charge in [-0.2, -0.15) is 13.2 Å². The maximum Gasteiger partial charge on any atom is 0.416 e. The van der Waals surface area contributed by atoms with Gasteiger partial charge in [-0.15, -0.1) is 10.2 Å². The van der Waals surface area contributed by atoms with Crippen LogP contribution < -0.4 is 10.1 Å². The number of carbonyl (C=O) groups is 1. The molecule has 0 bridgehead atoms. The molecule has 0 unspecified atom stereocenters. The van der Waals surface area contributed by atoms with Crippen LogP contribution in [0.5, 0.6) is 11.5 Å². The van der Waals surface area contributed by atoms with E-state index in [9.17, 15) is 18.0 Å². The van der Waals surface area contributed by atoms with E-state index >= 15 is 0 Å². The van der Waals surface area contributed by atoms with Crippen LogP contribution in [-0.4, -0.2) is 16.1 Å². The van der Waals surface area contributed by atoms with Gasteiger partial charge in [-0.25, -0.2) is 0 Å². The van der Waals surface area contributed by atoms with Crippen molar-refractivity contribution in [3.05, 3.63) is 89.8 Å². The number of aryl methyl sites for hydroxylation is 2. The Bertz CT molecular complexity index is 1270. The molecule has 1 aromatic heterocycles. The predicted octanol–water partition coefficient (Wildman–Crippen LogP) is 6.43. The number of halogens is 3. The standard InChI is InChI=1S/C25H20F3N3O3/c1-16-5-9-20(10-6-16)33-21-11-7-19(8-12-21)29-22(32)13-14-23-30-31-24(34-23)17-3-2-4-18(15-17)25(26,27)28/h2-12,15H,13-14H2,1H3,(H,29,32). The molecule has 0 spiro atoms. The molecule has 0 aliphatic carbocycles. The lowest BCUT2D eigenvalue weighted by molar-refractivity contribution is -0.137. The highest BCUT2D eigenvalue weighted by molar-refractivity contribution is 5.90. The van der Waals surface area contributed by atoms with Crippen LogP contribution in [0.4, 0.5) is 18.9 Å². The highest BCUT2D eigenvalue weighted by Gasteiger charge is 2.30. The Morgan fingerprint density at radius 3 is 2.32 bits per heavy atom. The van der Waals surface area contributed by atoms with E-state index in [1.807, 2.05) is 31.2 Å². The molecule has 0 radical (unpaired) electrons. The van der Waals surface area contributed by atoms with Crippen molar-refractivity contribution in [3.8, 4) is 23.0 Å². The van der Waals surface area contributed by atoms with Crippen LogP contribution in [0.15, 0.2) is 77.2 Å². The second-order valence-corrected chi connectivity index (χ2v) is 7.57. The lowest BCUT2D eigenvalue weighted by Gasteiger charge is -2.08. The first-order chi connectivity index (χ1) is 16.3. The molecule has 1 heterocycles. The quantitative estimate of drug-likeness (QED) is 0.339. The monoisotopic (exact) mass is 467 g/mol. The molecule has 6 nitrogen and oxygen atoms in total. The number of rotatable bonds is 7. The van der Waals surface area contributed by atoms with Gasteiger partial charge in [0.2, 0.25) is 17.7 Å². The smallest absolute Gasteiger partial charge is 0.416 e. The lowest BCUT2D eigenvalue weighted by Crippen LogP contribution is -2.12. The third kappa shape index (κ3) is 6.00. The number of hydrogen-bond donors (Lipinski definition) is 1. The predicted molar refractivity (Wildman–Crippen MR) is 119 cm³/mol. The molecule has 1 amide bonds. The van der Waals surface area contributed by atoms with Crippen LogP contribution in [-0.2, 0) is 17.4 Å². The summed E-state index contributed by atoms with van der Waals surface area (Å²) >= 11 is 0. The molecular formula is C25H20F3N3O3. The minimum Gasteiger partial charge on any atom is -0.457 e. The van der Waals surface area contributed by atoms with Crippen molar-refractivity contribution in [1.29, 1.82) is 0 Å². The molecule has 0 atom stereocenters. The minimum atomic E-state index is -4.47. The number of benzene rings is 3. The number of ether oxygens (including phenoxy) is 1. The molecule has 1 N–H and O–H groups in total. The van der Waals surface area contributed by atoms with Gasteiger partial charge in [-0.1, -0.05) is 23.8 Å². The molecule has 0 aliphatic rings. The average molecular weight is 467 g/mol. The third-order valence-corrected chi connectivity index (χ3v) is 4.86. The highest BCUT2D eigenvalue weighted by atomic mass is 19.4. The number of nitrogens with zero attached hydrogens (tertiary/aromatic N) is 2. The summed E-state index contributed by atoms with van der Waals surface area (Å²) in [6.07, 6.45) is -4.26. The van der Waals surface area contributed by atoms with Gasteiger partial charge in [-0.05, 0) is 61.5 Å². The van der Waals surface area contributed by atoms with E-state index in [1.54, 1.807) is 24.3 Å². The van der Waals surface area contributed by atoms with Crippen LogP contribution in [0.2, 0.25) is 0 Å². The molecule has 34 heavy (non-hydrogen) atoms. The van der Waals surface area contributed by atoms with Crippen molar-refractivity contribution >= 4 is 11.6 Å². The van der Waals surface area contributed by atoms with Crippen molar-refractivity contribution in [2.75, 3.05) is 5.32 Å². The fraction of sp³-hybridized carbons (Fsp3) is 0.160. The number of amides is 1. The van der Waals surface area contributed by atoms with Crippen LogP contribution in [0, 0.1) is 6.92 Å². The number of aromatic nitrogens is 2. The first-order valence-electron chi connectivity index (χ1n) is 10.4. The summed E-state index contributed by atoms with van der Waals surface area (Å²) in [5.74, 6) is 1.20. The summed E-state index contributed by atoms with van der Waals surface area (Å²) in [6, 6.07) is 19.2. The van der Waals surface area contributed by atoms with Crippen LogP contribution in [0.25, 0.3) is 11.5 Å². The first-order valence-corrected chi connectivity index (χ1v) is 10.4. The van der Waals surface area contributed by atoms with E-state index in [4.69, 9.17) is 9.15 Å². The van der Waals surface area contributed by atoms with Crippen molar-refractivity contribution in [2.24, 2.45) is 0 Å². The Kier molecular flexibility index (Phi) is 6.62. The molecule has 0 fully saturated rings. The topological polar surface area (TPSA) is 77.2 Å². The molecule has 174 valence electrons. The van der Waals surface area contributed by atoms with Gasteiger partial charge in [-0.3, -0.25) is 4.79 Å². The molecular weight excluding hydrogens is 447 g/mol. The Hall–Kier alpha value is -4.14. The molecule has 0 aliphatic heterocycles. The highest BCUT2D eigenvalue weighted by Crippen LogP contribution is 2.32. The number of alkyl halides is 3. The molecule has 3 aromatic carbocycles. The van der Waals surface area contributed by atoms with Gasteiger partial charge in [0.25, 0.3) is 0 Å². The van der Waals surface area contributed by atoms with E-state index in [0.717, 1.165) is 17.7 Å². The Balaban J connectivity index is 1.30. The van der Waals surface area contributed by atoms with Crippen LogP contribution in [0.3, 0.4) is 0 Å². The Morgan fingerprint density at radius 1 is 0.971 bits per heavy atom. The zero-order valence-electron chi connectivity index (χ0n) is 18.1. The summed E-state index contributed by atoms with van der Waals surface area (Å²) in [5.41, 5.74) is 1.08. The summed E-state index contributed by atoms with van der Waals surface area (Å²) in [6.45, 7) is 2.00. The summed E-state index contributed by atoms with van der Waals surface area (Å²) in [5, 5.41) is 10.4. The third-order valence-electron chi connectivity index (χ3n) is 4.86. The number of carbonyl (C=O) groups excluding carboxylic acids is 1. The molecule has 9 heteroatoms. The Morgan fingerprint density at radius 2 is 1.65 bits per heavy atom. The van der Waals surface area contributed by atoms with Crippen LogP contribution >= 0.6 is 0 Å². The van der Waals surface area contributed by atoms with Gasteiger partial charge in [0.1, 0.15) is 11.5 Å². The maximum atomic E-state index is 12.9. The molecule has 0 saturated carbocycles. The second-order valence-electron chi connectivity index (χ2n) is 7.57. The molecule has 0 saturated heterocycles. The average Bonchev–Trinajstić information content (AvgIpc) is 3.29. The van der Waals surface area contributed by atoms with E-state index in [0.29, 0.717) is 17.2 Å². The SMILES string of the molecule is Cc1ccc(Oc2ccc(NC(=O)CCc3nnc(-c4cccc(C(F)(F)F)c4)o3)cc2)cc1. The minimum absolute atomic E-state index is 0.0364. The lowest BCUT2D eigenvalue weighted by atomic mass is 10.1. The fourth-order valence-corrected chi connectivity index (χ4v) is 3.09. The van der Waals surface area contributed by atoms with Gasteiger partial charge in [0, 0.05) is 24.1 Å². The van der Waals surface area contributed by atoms with Crippen LogP contribution in [0.1, 0.15) is 23.4 Å². The number of nitrogens with one attached hydrogen (secondary N) is 1. The first kappa shape index (κ1) is 23.0. The van der Waals surface area contributed by atoms with E-state index < -0.39 is 11.7 Å². The van der Waals surface area contributed by atoms with Gasteiger partial charge < -0.3 is 14.5 Å². The van der Waals surface area contributed by atoms with Gasteiger partial charge in [0.05, 0.1) is 5.56 Å². The second kappa shape index (κ2) is 9.78. The number of hydrogen-bond acceptors (Lipinski definition) is 5. The number of anilines is 1. The Labute approximate surface area is 193 Å². The fourth-order valence-electron chi connectivity index (χ4n) is 3.09. The van der Waals surface area contributed by atoms with Gasteiger partial charge in [0.15, 0.2) is 0 Å². The van der Waals surface area contributed by atoms with Crippen molar-refractivity contribution in [1.82, 2.24) is 10.2 Å². The summed E-state index contributed by atoms with van der Waals surface area (Å²) in [4.78, 5) is 12.3. The van der Waals surface area contributed by atoms with Crippen molar-refractivity contribution in [3.63, 3.8) is 0 Å². The zero-order valence-corrected chi connectivity index (χ0v) is 18.1. The van der Waals surface area contributed by atoms with E-state index in [2.05, 4.69) is 15.5 Å². The summed E-state index contributed by atoms with van der Waals surface area (Å²) < 4.78 is 49.9. The maximum absolute atomic E-state index is 12.9.